The highest BCUT2D eigenvalue weighted by Gasteiger charge is 1.95. The summed E-state index contributed by atoms with van der Waals surface area (Å²) in [7, 11) is 0. The van der Waals surface area contributed by atoms with Gasteiger partial charge in [-0.3, -0.25) is 4.79 Å². The highest BCUT2D eigenvalue weighted by Crippen LogP contribution is 2.12. The first-order chi connectivity index (χ1) is 8.74. The summed E-state index contributed by atoms with van der Waals surface area (Å²) in [6.45, 7) is 1.03. The number of aromatic amines is 1. The van der Waals surface area contributed by atoms with E-state index in [0.29, 0.717) is 24.7 Å². The van der Waals surface area contributed by atoms with Crippen LogP contribution >= 0.6 is 0 Å². The molecule has 0 radical (unpaired) electrons. The van der Waals surface area contributed by atoms with E-state index in [9.17, 15) is 4.79 Å². The lowest BCUT2D eigenvalue weighted by molar-refractivity contribution is 0.333. The number of nitrogen functional groups attached to an aromatic ring is 1. The van der Waals surface area contributed by atoms with Crippen molar-refractivity contribution in [3.63, 3.8) is 0 Å². The minimum Gasteiger partial charge on any atom is -0.492 e. The van der Waals surface area contributed by atoms with Crippen LogP contribution in [0.5, 0.6) is 5.75 Å². The van der Waals surface area contributed by atoms with Gasteiger partial charge >= 0.3 is 0 Å². The van der Waals surface area contributed by atoms with Crippen molar-refractivity contribution in [2.45, 2.75) is 0 Å². The number of nitrogens with two attached hydrogens (primary N) is 1. The zero-order valence-electron chi connectivity index (χ0n) is 9.72. The molecule has 1 aromatic carbocycles. The Balaban J connectivity index is 1.76. The van der Waals surface area contributed by atoms with Crippen LogP contribution in [0.15, 0.2) is 41.5 Å². The third kappa shape index (κ3) is 3.51. The molecule has 94 valence electrons. The van der Waals surface area contributed by atoms with Gasteiger partial charge in [0.15, 0.2) is 0 Å². The van der Waals surface area contributed by atoms with Crippen LogP contribution in [-0.4, -0.2) is 23.1 Å². The number of ether oxygens (including phenoxy) is 1. The number of nitrogens with zero attached hydrogens (tertiary/aromatic N) is 1. The number of nitrogens with one attached hydrogen (secondary N) is 2. The molecule has 6 nitrogen and oxygen atoms in total. The Kier molecular flexibility index (Phi) is 3.80. The summed E-state index contributed by atoms with van der Waals surface area (Å²) < 4.78 is 5.48. The van der Waals surface area contributed by atoms with Crippen molar-refractivity contribution >= 4 is 11.5 Å². The van der Waals surface area contributed by atoms with Crippen molar-refractivity contribution < 1.29 is 4.74 Å². The third-order valence-electron chi connectivity index (χ3n) is 2.24. The molecule has 0 aliphatic carbocycles. The molecule has 0 spiro atoms. The molecule has 1 heterocycles. The maximum absolute atomic E-state index is 11.0. The predicted octanol–water partition coefficient (Wildman–Crippen LogP) is 0.843. The first-order valence-corrected chi connectivity index (χ1v) is 5.51. The van der Waals surface area contributed by atoms with E-state index in [4.69, 9.17) is 10.5 Å². The van der Waals surface area contributed by atoms with E-state index >= 15 is 0 Å². The summed E-state index contributed by atoms with van der Waals surface area (Å²) in [6, 6.07) is 8.56. The average Bonchev–Trinajstić information content (AvgIpc) is 2.37. The van der Waals surface area contributed by atoms with Gasteiger partial charge in [0.2, 0.25) is 0 Å². The van der Waals surface area contributed by atoms with Gasteiger partial charge in [0, 0.05) is 11.8 Å². The molecule has 18 heavy (non-hydrogen) atoms. The SMILES string of the molecule is Nc1ccc(OCCNc2cc(=O)[nH]cn2)cc1. The van der Waals surface area contributed by atoms with Gasteiger partial charge in [-0.25, -0.2) is 4.98 Å². The lowest BCUT2D eigenvalue weighted by Crippen LogP contribution is -2.14. The van der Waals surface area contributed by atoms with E-state index in [1.165, 1.54) is 12.4 Å². The maximum atomic E-state index is 11.0. The Morgan fingerprint density at radius 3 is 2.83 bits per heavy atom. The largest absolute Gasteiger partial charge is 0.492 e. The van der Waals surface area contributed by atoms with Crippen LogP contribution in [0, 0.1) is 0 Å². The monoisotopic (exact) mass is 246 g/mol. The molecule has 0 saturated heterocycles. The minimum atomic E-state index is -0.188. The fourth-order valence-corrected chi connectivity index (χ4v) is 1.38. The molecule has 0 amide bonds. The second-order valence-corrected chi connectivity index (χ2v) is 3.64. The van der Waals surface area contributed by atoms with Crippen LogP contribution in [0.4, 0.5) is 11.5 Å². The maximum Gasteiger partial charge on any atom is 0.252 e. The summed E-state index contributed by atoms with van der Waals surface area (Å²) in [5.74, 6) is 1.28. The Labute approximate surface area is 104 Å². The number of hydrogen-bond donors (Lipinski definition) is 3. The number of H-pyrrole nitrogens is 1. The minimum absolute atomic E-state index is 0.188. The first kappa shape index (κ1) is 12.0. The van der Waals surface area contributed by atoms with Gasteiger partial charge in [0.25, 0.3) is 5.56 Å². The van der Waals surface area contributed by atoms with E-state index in [1.54, 1.807) is 24.3 Å². The summed E-state index contributed by atoms with van der Waals surface area (Å²) in [5, 5.41) is 2.99. The molecular formula is C12H14N4O2. The standard InChI is InChI=1S/C12H14N4O2/c13-9-1-3-10(4-2-9)18-6-5-14-11-7-12(17)16-8-15-11/h1-4,7-8H,5-6,13H2,(H2,14,15,16,17). The summed E-state index contributed by atoms with van der Waals surface area (Å²) in [4.78, 5) is 17.4. The molecule has 0 saturated carbocycles. The molecular weight excluding hydrogens is 232 g/mol. The van der Waals surface area contributed by atoms with Crippen LogP contribution < -0.4 is 21.3 Å². The van der Waals surface area contributed by atoms with Crippen LogP contribution in [-0.2, 0) is 0 Å². The molecule has 0 unspecified atom stereocenters. The Bertz CT molecular complexity index is 551. The lowest BCUT2D eigenvalue weighted by atomic mass is 10.3. The summed E-state index contributed by atoms with van der Waals surface area (Å²) >= 11 is 0. The van der Waals surface area contributed by atoms with E-state index < -0.39 is 0 Å². The van der Waals surface area contributed by atoms with Gasteiger partial charge in [-0.1, -0.05) is 0 Å². The molecule has 1 aromatic heterocycles. The number of aromatic nitrogens is 2. The van der Waals surface area contributed by atoms with Crippen molar-refractivity contribution in [1.82, 2.24) is 9.97 Å². The van der Waals surface area contributed by atoms with Crippen LogP contribution in [0.1, 0.15) is 0 Å². The van der Waals surface area contributed by atoms with Gasteiger partial charge in [-0.15, -0.1) is 0 Å². The molecule has 4 N–H and O–H groups in total. The number of benzene rings is 1. The molecule has 0 bridgehead atoms. The summed E-state index contributed by atoms with van der Waals surface area (Å²) in [6.07, 6.45) is 1.35. The normalized spacial score (nSPS) is 10.0. The van der Waals surface area contributed by atoms with Crippen molar-refractivity contribution in [2.24, 2.45) is 0 Å². The van der Waals surface area contributed by atoms with Gasteiger partial charge in [0.05, 0.1) is 12.9 Å². The van der Waals surface area contributed by atoms with Gasteiger partial charge in [-0.2, -0.15) is 0 Å². The average molecular weight is 246 g/mol. The third-order valence-corrected chi connectivity index (χ3v) is 2.24. The van der Waals surface area contributed by atoms with Crippen LogP contribution in [0.25, 0.3) is 0 Å². The summed E-state index contributed by atoms with van der Waals surface area (Å²) in [5.41, 5.74) is 6.08. The van der Waals surface area contributed by atoms with Crippen molar-refractivity contribution in [3.8, 4) is 5.75 Å². The Morgan fingerprint density at radius 2 is 2.11 bits per heavy atom. The first-order valence-electron chi connectivity index (χ1n) is 5.51. The molecule has 2 rings (SSSR count). The number of hydrogen-bond acceptors (Lipinski definition) is 5. The topological polar surface area (TPSA) is 93.0 Å². The van der Waals surface area contributed by atoms with Crippen LogP contribution in [0.3, 0.4) is 0 Å². The fourth-order valence-electron chi connectivity index (χ4n) is 1.38. The zero-order valence-corrected chi connectivity index (χ0v) is 9.72. The quantitative estimate of drug-likeness (QED) is 0.537. The molecule has 2 aromatic rings. The molecule has 0 aliphatic heterocycles. The number of anilines is 2. The van der Waals surface area contributed by atoms with E-state index in [0.717, 1.165) is 5.75 Å². The highest BCUT2D eigenvalue weighted by atomic mass is 16.5. The Hall–Kier alpha value is -2.50. The van der Waals surface area contributed by atoms with Gasteiger partial charge < -0.3 is 20.8 Å². The predicted molar refractivity (Wildman–Crippen MR) is 69.7 cm³/mol. The van der Waals surface area contributed by atoms with Crippen molar-refractivity contribution in [1.29, 1.82) is 0 Å². The molecule has 0 aliphatic rings. The fraction of sp³-hybridized carbons (Fsp3) is 0.167. The molecule has 0 fully saturated rings. The molecule has 6 heteroatoms. The lowest BCUT2D eigenvalue weighted by Gasteiger charge is -2.07. The molecule has 0 atom stereocenters. The highest BCUT2D eigenvalue weighted by molar-refractivity contribution is 5.41. The van der Waals surface area contributed by atoms with Crippen LogP contribution in [0.2, 0.25) is 0 Å². The smallest absolute Gasteiger partial charge is 0.252 e. The zero-order chi connectivity index (χ0) is 12.8. The van der Waals surface area contributed by atoms with Crippen molar-refractivity contribution in [2.75, 3.05) is 24.2 Å². The van der Waals surface area contributed by atoms with E-state index in [-0.39, 0.29) is 5.56 Å². The second-order valence-electron chi connectivity index (χ2n) is 3.64. The number of rotatable bonds is 5. The van der Waals surface area contributed by atoms with Gasteiger partial charge in [-0.05, 0) is 24.3 Å². The second kappa shape index (κ2) is 5.72. The van der Waals surface area contributed by atoms with Crippen molar-refractivity contribution in [3.05, 3.63) is 47.0 Å². The van der Waals surface area contributed by atoms with Gasteiger partial charge in [0.1, 0.15) is 18.2 Å². The van der Waals surface area contributed by atoms with E-state index in [1.807, 2.05) is 0 Å². The Morgan fingerprint density at radius 1 is 1.33 bits per heavy atom. The van der Waals surface area contributed by atoms with E-state index in [2.05, 4.69) is 15.3 Å².